The fraction of sp³-hybridized carbons (Fsp3) is 0.818. The van der Waals surface area contributed by atoms with E-state index in [9.17, 15) is 0 Å². The van der Waals surface area contributed by atoms with Gasteiger partial charge in [0.2, 0.25) is 0 Å². The second-order valence-electron chi connectivity index (χ2n) is 4.28. The minimum Gasteiger partial charge on any atom is -0.161 e. The molecule has 0 aromatic rings. The molecule has 0 fully saturated rings. The van der Waals surface area contributed by atoms with Crippen molar-refractivity contribution in [2.45, 2.75) is 40.5 Å². The molecular weight excluding hydrogens is 164 g/mol. The molecule has 0 spiro atoms. The van der Waals surface area contributed by atoms with E-state index < -0.39 is 0 Å². The third-order valence-electron chi connectivity index (χ3n) is 1.37. The number of thioether (sulfide) groups is 1. The van der Waals surface area contributed by atoms with E-state index >= 15 is 0 Å². The maximum absolute atomic E-state index is 2.29. The monoisotopic (exact) mass is 186 g/mol. The molecule has 0 saturated carbocycles. The highest BCUT2D eigenvalue weighted by Gasteiger charge is 2.08. The topological polar surface area (TPSA) is 0 Å². The van der Waals surface area contributed by atoms with Crippen molar-refractivity contribution in [1.29, 1.82) is 0 Å². The lowest BCUT2D eigenvalue weighted by atomic mass is 10.0. The molecule has 0 unspecified atom stereocenters. The van der Waals surface area contributed by atoms with Crippen molar-refractivity contribution in [2.24, 2.45) is 5.41 Å². The van der Waals surface area contributed by atoms with Crippen molar-refractivity contribution >= 4 is 11.8 Å². The Kier molecular flexibility index (Phi) is 6.64. The predicted molar refractivity (Wildman–Crippen MR) is 60.8 cm³/mol. The maximum Gasteiger partial charge on any atom is -0.00186 e. The van der Waals surface area contributed by atoms with Crippen molar-refractivity contribution < 1.29 is 0 Å². The molecular formula is C11H22S. The molecule has 0 aliphatic heterocycles. The van der Waals surface area contributed by atoms with Gasteiger partial charge >= 0.3 is 0 Å². The van der Waals surface area contributed by atoms with Crippen molar-refractivity contribution in [2.75, 3.05) is 11.5 Å². The zero-order chi connectivity index (χ0) is 9.45. The summed E-state index contributed by atoms with van der Waals surface area (Å²) < 4.78 is 0. The van der Waals surface area contributed by atoms with E-state index in [2.05, 4.69) is 51.6 Å². The predicted octanol–water partition coefficient (Wildman–Crippen LogP) is 4.12. The summed E-state index contributed by atoms with van der Waals surface area (Å²) in [6.07, 6.45) is 6.94. The molecule has 0 nitrogen and oxygen atoms in total. The Morgan fingerprint density at radius 3 is 2.33 bits per heavy atom. The minimum atomic E-state index is 0.485. The van der Waals surface area contributed by atoms with E-state index in [1.807, 2.05) is 0 Å². The van der Waals surface area contributed by atoms with E-state index in [-0.39, 0.29) is 0 Å². The first-order chi connectivity index (χ1) is 5.56. The summed E-state index contributed by atoms with van der Waals surface area (Å²) in [5.74, 6) is 2.54. The standard InChI is InChI=1S/C11H22S/c1-5-6-7-8-9-12-10-11(2,3)4/h6-7H,5,8-10H2,1-4H3/b7-6-. The number of hydrogen-bond donors (Lipinski definition) is 0. The van der Waals surface area contributed by atoms with Gasteiger partial charge in [-0.15, -0.1) is 0 Å². The fourth-order valence-electron chi connectivity index (χ4n) is 0.814. The summed E-state index contributed by atoms with van der Waals surface area (Å²) in [6.45, 7) is 9.06. The third kappa shape index (κ3) is 10.1. The first kappa shape index (κ1) is 12.1. The van der Waals surface area contributed by atoms with Crippen molar-refractivity contribution in [1.82, 2.24) is 0 Å². The maximum atomic E-state index is 2.29. The zero-order valence-electron chi connectivity index (χ0n) is 8.89. The molecule has 0 aliphatic rings. The Morgan fingerprint density at radius 2 is 1.83 bits per heavy atom. The summed E-state index contributed by atoms with van der Waals surface area (Å²) in [4.78, 5) is 0. The third-order valence-corrected chi connectivity index (χ3v) is 2.96. The van der Waals surface area contributed by atoms with Crippen molar-refractivity contribution in [3.05, 3.63) is 12.2 Å². The van der Waals surface area contributed by atoms with Crippen molar-refractivity contribution in [3.63, 3.8) is 0 Å². The minimum absolute atomic E-state index is 0.485. The highest BCUT2D eigenvalue weighted by molar-refractivity contribution is 7.99. The van der Waals surface area contributed by atoms with Crippen LogP contribution >= 0.6 is 11.8 Å². The molecule has 0 N–H and O–H groups in total. The average Bonchev–Trinajstić information content (AvgIpc) is 1.94. The van der Waals surface area contributed by atoms with Gasteiger partial charge in [0.05, 0.1) is 0 Å². The molecule has 0 aromatic carbocycles. The second kappa shape index (κ2) is 6.59. The van der Waals surface area contributed by atoms with E-state index in [1.165, 1.54) is 24.3 Å². The molecule has 12 heavy (non-hydrogen) atoms. The Morgan fingerprint density at radius 1 is 1.17 bits per heavy atom. The molecule has 72 valence electrons. The highest BCUT2D eigenvalue weighted by atomic mass is 32.2. The molecule has 0 rings (SSSR count). The van der Waals surface area contributed by atoms with Gasteiger partial charge in [0.25, 0.3) is 0 Å². The highest BCUT2D eigenvalue weighted by Crippen LogP contribution is 2.20. The SMILES string of the molecule is CC/C=C\CCSCC(C)(C)C. The number of rotatable bonds is 5. The van der Waals surface area contributed by atoms with Crippen LogP contribution in [0.2, 0.25) is 0 Å². The fourth-order valence-corrected chi connectivity index (χ4v) is 1.87. The van der Waals surface area contributed by atoms with Crippen LogP contribution in [0.4, 0.5) is 0 Å². The lowest BCUT2D eigenvalue weighted by molar-refractivity contribution is 0.481. The lowest BCUT2D eigenvalue weighted by Gasteiger charge is -2.16. The zero-order valence-corrected chi connectivity index (χ0v) is 9.71. The second-order valence-corrected chi connectivity index (χ2v) is 5.39. The molecule has 0 aromatic heterocycles. The Bertz CT molecular complexity index is 119. The number of allylic oxidation sites excluding steroid dienone is 2. The molecule has 1 heteroatoms. The van der Waals surface area contributed by atoms with Crippen molar-refractivity contribution in [3.8, 4) is 0 Å². The van der Waals surface area contributed by atoms with Gasteiger partial charge in [0, 0.05) is 0 Å². The molecule has 0 heterocycles. The van der Waals surface area contributed by atoms with Crippen LogP contribution in [-0.2, 0) is 0 Å². The quantitative estimate of drug-likeness (QED) is 0.460. The van der Waals surface area contributed by atoms with Gasteiger partial charge in [0.15, 0.2) is 0 Å². The van der Waals surface area contributed by atoms with Gasteiger partial charge in [-0.2, -0.15) is 11.8 Å². The van der Waals surface area contributed by atoms with E-state index in [0.29, 0.717) is 5.41 Å². The Labute approximate surface area is 81.8 Å². The molecule has 0 bridgehead atoms. The summed E-state index contributed by atoms with van der Waals surface area (Å²) in [5, 5.41) is 0. The van der Waals surface area contributed by atoms with Gasteiger partial charge in [-0.25, -0.2) is 0 Å². The average molecular weight is 186 g/mol. The summed E-state index contributed by atoms with van der Waals surface area (Å²) in [6, 6.07) is 0. The number of hydrogen-bond acceptors (Lipinski definition) is 1. The van der Waals surface area contributed by atoms with Crippen LogP contribution in [0.5, 0.6) is 0 Å². The summed E-state index contributed by atoms with van der Waals surface area (Å²) in [5.41, 5.74) is 0.485. The normalized spacial score (nSPS) is 12.7. The van der Waals surface area contributed by atoms with Gasteiger partial charge in [0.1, 0.15) is 0 Å². The summed E-state index contributed by atoms with van der Waals surface area (Å²) >= 11 is 2.06. The van der Waals surface area contributed by atoms with Crippen LogP contribution in [-0.4, -0.2) is 11.5 Å². The van der Waals surface area contributed by atoms with Crippen LogP contribution in [0.3, 0.4) is 0 Å². The first-order valence-electron chi connectivity index (χ1n) is 4.79. The molecule has 0 radical (unpaired) electrons. The lowest BCUT2D eigenvalue weighted by Crippen LogP contribution is -2.08. The Balaban J connectivity index is 3.17. The van der Waals surface area contributed by atoms with Crippen LogP contribution in [0.25, 0.3) is 0 Å². The van der Waals surface area contributed by atoms with Crippen LogP contribution in [0.15, 0.2) is 12.2 Å². The molecule has 0 saturated heterocycles. The molecule has 0 amide bonds. The smallest absolute Gasteiger partial charge is 0.00186 e. The van der Waals surface area contributed by atoms with Gasteiger partial charge in [-0.1, -0.05) is 39.8 Å². The van der Waals surface area contributed by atoms with E-state index in [4.69, 9.17) is 0 Å². The van der Waals surface area contributed by atoms with Gasteiger partial charge in [-0.05, 0) is 29.8 Å². The van der Waals surface area contributed by atoms with Gasteiger partial charge < -0.3 is 0 Å². The molecule has 0 aliphatic carbocycles. The van der Waals surface area contributed by atoms with Crippen LogP contribution < -0.4 is 0 Å². The van der Waals surface area contributed by atoms with Crippen LogP contribution in [0, 0.1) is 5.41 Å². The molecule has 0 atom stereocenters. The summed E-state index contributed by atoms with van der Waals surface area (Å²) in [7, 11) is 0. The van der Waals surface area contributed by atoms with E-state index in [1.54, 1.807) is 0 Å². The largest absolute Gasteiger partial charge is 0.161 e. The first-order valence-corrected chi connectivity index (χ1v) is 5.94. The van der Waals surface area contributed by atoms with Crippen LogP contribution in [0.1, 0.15) is 40.5 Å². The van der Waals surface area contributed by atoms with Gasteiger partial charge in [-0.3, -0.25) is 0 Å². The Hall–Kier alpha value is 0.0900. The van der Waals surface area contributed by atoms with E-state index in [0.717, 1.165) is 0 Å².